The van der Waals surface area contributed by atoms with Gasteiger partial charge >= 0.3 is 6.18 Å². The van der Waals surface area contributed by atoms with Gasteiger partial charge in [0.05, 0.1) is 17.3 Å². The van der Waals surface area contributed by atoms with Crippen LogP contribution in [0.25, 0.3) is 11.0 Å². The number of halogens is 3. The summed E-state index contributed by atoms with van der Waals surface area (Å²) in [4.78, 5) is 8.19. The SMILES string of the molecule is Cc1nc(C(F)(F)F)cc2c1nc([C@@H](N)C1CC1)n2C(C)C. The molecule has 0 bridgehead atoms. The summed E-state index contributed by atoms with van der Waals surface area (Å²) in [6.07, 6.45) is -2.37. The van der Waals surface area contributed by atoms with Crippen molar-refractivity contribution in [2.75, 3.05) is 0 Å². The second kappa shape index (κ2) is 4.94. The fourth-order valence-electron chi connectivity index (χ4n) is 2.85. The lowest BCUT2D eigenvalue weighted by molar-refractivity contribution is -0.141. The fraction of sp³-hybridized carbons (Fsp3) is 0.600. The third kappa shape index (κ3) is 2.47. The van der Waals surface area contributed by atoms with Crippen molar-refractivity contribution in [2.45, 2.75) is 51.9 Å². The van der Waals surface area contributed by atoms with Crippen LogP contribution >= 0.6 is 0 Å². The van der Waals surface area contributed by atoms with Gasteiger partial charge in [-0.15, -0.1) is 0 Å². The van der Waals surface area contributed by atoms with Gasteiger partial charge in [-0.1, -0.05) is 0 Å². The minimum Gasteiger partial charge on any atom is -0.324 e. The van der Waals surface area contributed by atoms with Crippen LogP contribution in [0.1, 0.15) is 56.0 Å². The highest BCUT2D eigenvalue weighted by molar-refractivity contribution is 5.79. The molecule has 1 saturated carbocycles. The van der Waals surface area contributed by atoms with E-state index in [-0.39, 0.29) is 17.8 Å². The molecule has 4 nitrogen and oxygen atoms in total. The Hall–Kier alpha value is -1.63. The largest absolute Gasteiger partial charge is 0.433 e. The van der Waals surface area contributed by atoms with Crippen molar-refractivity contribution in [1.82, 2.24) is 14.5 Å². The topological polar surface area (TPSA) is 56.7 Å². The van der Waals surface area contributed by atoms with Gasteiger partial charge in [0.25, 0.3) is 0 Å². The molecule has 0 aliphatic heterocycles. The van der Waals surface area contributed by atoms with E-state index < -0.39 is 11.9 Å². The Labute approximate surface area is 126 Å². The number of pyridine rings is 1. The van der Waals surface area contributed by atoms with E-state index in [1.807, 2.05) is 18.4 Å². The van der Waals surface area contributed by atoms with E-state index in [0.29, 0.717) is 22.8 Å². The van der Waals surface area contributed by atoms with Gasteiger partial charge in [0.2, 0.25) is 0 Å². The monoisotopic (exact) mass is 312 g/mol. The number of nitrogens with zero attached hydrogens (tertiary/aromatic N) is 3. The predicted octanol–water partition coefficient (Wildman–Crippen LogP) is 3.75. The molecule has 2 aromatic rings. The van der Waals surface area contributed by atoms with E-state index in [0.717, 1.165) is 18.9 Å². The van der Waals surface area contributed by atoms with Gasteiger partial charge in [-0.05, 0) is 45.6 Å². The molecule has 7 heteroatoms. The van der Waals surface area contributed by atoms with Crippen LogP contribution in [-0.4, -0.2) is 14.5 Å². The van der Waals surface area contributed by atoms with Crippen molar-refractivity contribution in [3.63, 3.8) is 0 Å². The van der Waals surface area contributed by atoms with Crippen LogP contribution in [0.15, 0.2) is 6.07 Å². The van der Waals surface area contributed by atoms with E-state index in [1.54, 1.807) is 6.92 Å². The van der Waals surface area contributed by atoms with E-state index in [2.05, 4.69) is 9.97 Å². The quantitative estimate of drug-likeness (QED) is 0.939. The molecule has 1 aliphatic rings. The molecule has 1 fully saturated rings. The van der Waals surface area contributed by atoms with Crippen molar-refractivity contribution in [2.24, 2.45) is 11.7 Å². The van der Waals surface area contributed by atoms with Crippen molar-refractivity contribution in [3.8, 4) is 0 Å². The van der Waals surface area contributed by atoms with Gasteiger partial charge in [0.15, 0.2) is 0 Å². The number of nitrogens with two attached hydrogens (primary N) is 1. The number of hydrogen-bond donors (Lipinski definition) is 1. The predicted molar refractivity (Wildman–Crippen MR) is 77.3 cm³/mol. The fourth-order valence-corrected chi connectivity index (χ4v) is 2.85. The molecule has 22 heavy (non-hydrogen) atoms. The molecule has 0 saturated heterocycles. The van der Waals surface area contributed by atoms with Gasteiger partial charge in [-0.25, -0.2) is 9.97 Å². The zero-order valence-electron chi connectivity index (χ0n) is 12.8. The van der Waals surface area contributed by atoms with Crippen LogP contribution in [0.4, 0.5) is 13.2 Å². The molecule has 0 spiro atoms. The van der Waals surface area contributed by atoms with E-state index in [4.69, 9.17) is 5.73 Å². The van der Waals surface area contributed by atoms with Crippen molar-refractivity contribution >= 4 is 11.0 Å². The first-order valence-electron chi connectivity index (χ1n) is 7.42. The average molecular weight is 312 g/mol. The number of alkyl halides is 3. The lowest BCUT2D eigenvalue weighted by Gasteiger charge is -2.17. The zero-order chi connectivity index (χ0) is 16.2. The maximum atomic E-state index is 13.0. The third-order valence-electron chi connectivity index (χ3n) is 4.11. The molecule has 1 atom stereocenters. The summed E-state index contributed by atoms with van der Waals surface area (Å²) in [5.41, 5.74) is 6.62. The number of rotatable bonds is 3. The highest BCUT2D eigenvalue weighted by Crippen LogP contribution is 2.41. The molecule has 0 aromatic carbocycles. The van der Waals surface area contributed by atoms with Crippen molar-refractivity contribution < 1.29 is 13.2 Å². The zero-order valence-corrected chi connectivity index (χ0v) is 12.8. The molecule has 3 rings (SSSR count). The van der Waals surface area contributed by atoms with Gasteiger partial charge in [0, 0.05) is 6.04 Å². The Morgan fingerprint density at radius 1 is 1.27 bits per heavy atom. The van der Waals surface area contributed by atoms with Gasteiger partial charge < -0.3 is 10.3 Å². The maximum Gasteiger partial charge on any atom is 0.433 e. The second-order valence-corrected chi connectivity index (χ2v) is 6.26. The normalized spacial score (nSPS) is 17.5. The summed E-state index contributed by atoms with van der Waals surface area (Å²) < 4.78 is 40.9. The first-order valence-corrected chi connectivity index (χ1v) is 7.42. The van der Waals surface area contributed by atoms with Crippen LogP contribution in [0.3, 0.4) is 0 Å². The van der Waals surface area contributed by atoms with E-state index >= 15 is 0 Å². The average Bonchev–Trinajstić information content (AvgIpc) is 3.16. The summed E-state index contributed by atoms with van der Waals surface area (Å²) in [5.74, 6) is 1.04. The summed E-state index contributed by atoms with van der Waals surface area (Å²) in [6.45, 7) is 5.40. The lowest BCUT2D eigenvalue weighted by atomic mass is 10.2. The van der Waals surface area contributed by atoms with Crippen LogP contribution in [0, 0.1) is 12.8 Å². The van der Waals surface area contributed by atoms with Gasteiger partial charge in [0.1, 0.15) is 17.0 Å². The number of fused-ring (bicyclic) bond motifs is 1. The highest BCUT2D eigenvalue weighted by Gasteiger charge is 2.36. The minimum absolute atomic E-state index is 0.0207. The van der Waals surface area contributed by atoms with Crippen molar-refractivity contribution in [1.29, 1.82) is 0 Å². The molecule has 2 heterocycles. The molecule has 2 N–H and O–H groups in total. The van der Waals surface area contributed by atoms with E-state index in [1.165, 1.54) is 0 Å². The Morgan fingerprint density at radius 3 is 2.41 bits per heavy atom. The molecular formula is C15H19F3N4. The Bertz CT molecular complexity index is 714. The van der Waals surface area contributed by atoms with Gasteiger partial charge in [-0.3, -0.25) is 0 Å². The molecule has 0 radical (unpaired) electrons. The number of hydrogen-bond acceptors (Lipinski definition) is 3. The van der Waals surface area contributed by atoms with E-state index in [9.17, 15) is 13.2 Å². The summed E-state index contributed by atoms with van der Waals surface area (Å²) in [5, 5.41) is 0. The van der Waals surface area contributed by atoms with Crippen LogP contribution in [0.2, 0.25) is 0 Å². The Kier molecular flexibility index (Phi) is 3.43. The molecule has 0 unspecified atom stereocenters. The smallest absolute Gasteiger partial charge is 0.324 e. The van der Waals surface area contributed by atoms with Crippen LogP contribution in [-0.2, 0) is 6.18 Å². The highest BCUT2D eigenvalue weighted by atomic mass is 19.4. The number of imidazole rings is 1. The molecule has 120 valence electrons. The Balaban J connectivity index is 2.25. The first-order chi connectivity index (χ1) is 10.2. The van der Waals surface area contributed by atoms with Crippen LogP contribution in [0.5, 0.6) is 0 Å². The number of aromatic nitrogens is 3. The summed E-state index contributed by atoms with van der Waals surface area (Å²) in [6, 6.07) is 0.828. The minimum atomic E-state index is -4.47. The van der Waals surface area contributed by atoms with Crippen molar-refractivity contribution in [3.05, 3.63) is 23.3 Å². The third-order valence-corrected chi connectivity index (χ3v) is 4.11. The maximum absolute atomic E-state index is 13.0. The standard InChI is InChI=1S/C15H19F3N4/c1-7(2)22-10-6-11(15(16,17)18)20-8(3)13(10)21-14(22)12(19)9-4-5-9/h6-7,9,12H,4-5,19H2,1-3H3/t12-/m0/s1. The van der Waals surface area contributed by atoms with Crippen LogP contribution < -0.4 is 5.73 Å². The summed E-state index contributed by atoms with van der Waals surface area (Å²) in [7, 11) is 0. The second-order valence-electron chi connectivity index (χ2n) is 6.26. The molecule has 2 aromatic heterocycles. The first kappa shape index (κ1) is 15.3. The summed E-state index contributed by atoms with van der Waals surface area (Å²) >= 11 is 0. The number of aryl methyl sites for hydroxylation is 1. The Morgan fingerprint density at radius 2 is 1.91 bits per heavy atom. The van der Waals surface area contributed by atoms with Gasteiger partial charge in [-0.2, -0.15) is 13.2 Å². The molecule has 0 amide bonds. The lowest BCUT2D eigenvalue weighted by Crippen LogP contribution is -2.19. The molecular weight excluding hydrogens is 293 g/mol. The molecule has 1 aliphatic carbocycles.